The van der Waals surface area contributed by atoms with E-state index in [4.69, 9.17) is 5.11 Å². The molecular weight excluding hydrogens is 196 g/mol. The second-order valence-corrected chi connectivity index (χ2v) is 3.53. The van der Waals surface area contributed by atoms with Gasteiger partial charge in [0.2, 0.25) is 0 Å². The van der Waals surface area contributed by atoms with Crippen LogP contribution in [-0.2, 0) is 9.59 Å². The molecule has 0 radical (unpaired) electrons. The minimum absolute atomic E-state index is 0.0955. The molecule has 15 heavy (non-hydrogen) atoms. The van der Waals surface area contributed by atoms with E-state index in [9.17, 15) is 9.59 Å². The van der Waals surface area contributed by atoms with Gasteiger partial charge in [-0.3, -0.25) is 15.4 Å². The Hall–Kier alpha value is -1.46. The van der Waals surface area contributed by atoms with Crippen LogP contribution in [0.1, 0.15) is 6.42 Å². The molecule has 1 fully saturated rings. The highest BCUT2D eigenvalue weighted by Crippen LogP contribution is 2.20. The number of nitrogens with one attached hydrogen (secondary N) is 2. The number of carboxylic acids is 1. The third-order valence-corrected chi connectivity index (χ3v) is 2.50. The van der Waals surface area contributed by atoms with Gasteiger partial charge < -0.3 is 5.11 Å². The van der Waals surface area contributed by atoms with Crippen molar-refractivity contribution in [2.75, 3.05) is 13.1 Å². The monoisotopic (exact) mass is 208 g/mol. The van der Waals surface area contributed by atoms with E-state index in [0.717, 1.165) is 13.1 Å². The maximum Gasteiger partial charge on any atom is 0.336 e. The van der Waals surface area contributed by atoms with Crippen LogP contribution in [0.3, 0.4) is 0 Å². The van der Waals surface area contributed by atoms with Crippen LogP contribution >= 0.6 is 0 Å². The van der Waals surface area contributed by atoms with E-state index in [1.165, 1.54) is 6.08 Å². The molecule has 1 saturated heterocycles. The average molecular weight is 208 g/mol. The molecular formula is C10H12N2O3. The predicted octanol–water partition coefficient (Wildman–Crippen LogP) is -0.585. The number of carbonyl (C=O) groups is 2. The highest BCUT2D eigenvalue weighted by Gasteiger charge is 2.27. The minimum atomic E-state index is -1.05. The lowest BCUT2D eigenvalue weighted by molar-refractivity contribution is -0.132. The van der Waals surface area contributed by atoms with Crippen molar-refractivity contribution in [2.24, 2.45) is 0 Å². The van der Waals surface area contributed by atoms with Crippen LogP contribution in [0, 0.1) is 0 Å². The summed E-state index contributed by atoms with van der Waals surface area (Å²) in [6.07, 6.45) is 3.04. The van der Waals surface area contributed by atoms with Crippen molar-refractivity contribution in [1.82, 2.24) is 10.6 Å². The molecule has 2 aliphatic rings. The molecule has 5 heteroatoms. The molecule has 0 saturated carbocycles. The number of rotatable bonds is 2. The molecule has 0 aromatic rings. The molecule has 0 amide bonds. The van der Waals surface area contributed by atoms with E-state index in [2.05, 4.69) is 10.6 Å². The minimum Gasteiger partial charge on any atom is -0.478 e. The first-order valence-electron chi connectivity index (χ1n) is 4.83. The number of carboxylic acid groups (broad SMARTS) is 1. The van der Waals surface area contributed by atoms with Crippen molar-refractivity contribution in [2.45, 2.75) is 12.6 Å². The van der Waals surface area contributed by atoms with E-state index >= 15 is 0 Å². The van der Waals surface area contributed by atoms with Crippen molar-refractivity contribution in [3.63, 3.8) is 0 Å². The summed E-state index contributed by atoms with van der Waals surface area (Å²) >= 11 is 0. The van der Waals surface area contributed by atoms with Crippen LogP contribution in [0.4, 0.5) is 0 Å². The van der Waals surface area contributed by atoms with Gasteiger partial charge >= 0.3 is 5.97 Å². The fraction of sp³-hybridized carbons (Fsp3) is 0.400. The lowest BCUT2D eigenvalue weighted by Crippen LogP contribution is -2.36. The SMILES string of the molecule is O=C1C=C(C(=O)O)C(C2NCCN2)=CC1. The van der Waals surface area contributed by atoms with Gasteiger partial charge in [0, 0.05) is 19.5 Å². The van der Waals surface area contributed by atoms with Crippen molar-refractivity contribution in [1.29, 1.82) is 0 Å². The van der Waals surface area contributed by atoms with Crippen LogP contribution in [0.5, 0.6) is 0 Å². The Bertz CT molecular complexity index is 365. The largest absolute Gasteiger partial charge is 0.478 e. The zero-order valence-corrected chi connectivity index (χ0v) is 8.12. The number of hydrogen-bond donors (Lipinski definition) is 3. The van der Waals surface area contributed by atoms with Gasteiger partial charge in [-0.2, -0.15) is 0 Å². The Morgan fingerprint density at radius 3 is 2.67 bits per heavy atom. The topological polar surface area (TPSA) is 78.4 Å². The first-order valence-corrected chi connectivity index (χ1v) is 4.83. The van der Waals surface area contributed by atoms with Crippen LogP contribution < -0.4 is 10.6 Å². The van der Waals surface area contributed by atoms with Crippen molar-refractivity contribution in [3.05, 3.63) is 23.3 Å². The third kappa shape index (κ3) is 1.98. The summed E-state index contributed by atoms with van der Waals surface area (Å²) in [4.78, 5) is 22.1. The molecule has 1 aliphatic heterocycles. The molecule has 0 bridgehead atoms. The lowest BCUT2D eigenvalue weighted by Gasteiger charge is -2.18. The molecule has 1 heterocycles. The maximum atomic E-state index is 11.1. The summed E-state index contributed by atoms with van der Waals surface area (Å²) in [6, 6.07) is 0. The van der Waals surface area contributed by atoms with Gasteiger partial charge in [0.1, 0.15) is 0 Å². The van der Waals surface area contributed by atoms with Gasteiger partial charge in [0.05, 0.1) is 11.7 Å². The third-order valence-electron chi connectivity index (χ3n) is 2.50. The van der Waals surface area contributed by atoms with Gasteiger partial charge in [0.15, 0.2) is 5.78 Å². The predicted molar refractivity (Wildman–Crippen MR) is 53.2 cm³/mol. The molecule has 3 N–H and O–H groups in total. The van der Waals surface area contributed by atoms with Crippen LogP contribution in [0.25, 0.3) is 0 Å². The molecule has 0 aromatic carbocycles. The van der Waals surface area contributed by atoms with Crippen molar-refractivity contribution in [3.8, 4) is 0 Å². The average Bonchev–Trinajstić information content (AvgIpc) is 2.70. The normalized spacial score (nSPS) is 22.5. The van der Waals surface area contributed by atoms with Gasteiger partial charge in [-0.1, -0.05) is 6.08 Å². The summed E-state index contributed by atoms with van der Waals surface area (Å²) in [5.41, 5.74) is 0.762. The number of carbonyl (C=O) groups excluding carboxylic acids is 1. The summed E-state index contributed by atoms with van der Waals surface area (Å²) in [5, 5.41) is 15.2. The molecule has 5 nitrogen and oxygen atoms in total. The Balaban J connectivity index is 2.26. The Morgan fingerprint density at radius 2 is 2.07 bits per heavy atom. The second-order valence-electron chi connectivity index (χ2n) is 3.53. The number of ketones is 1. The van der Waals surface area contributed by atoms with Gasteiger partial charge in [-0.25, -0.2) is 4.79 Å². The quantitative estimate of drug-likeness (QED) is 0.565. The molecule has 80 valence electrons. The Kier molecular flexibility index (Phi) is 2.66. The van der Waals surface area contributed by atoms with Gasteiger partial charge in [0.25, 0.3) is 0 Å². The number of hydrogen-bond acceptors (Lipinski definition) is 4. The Morgan fingerprint density at radius 1 is 1.40 bits per heavy atom. The smallest absolute Gasteiger partial charge is 0.336 e. The first kappa shape index (κ1) is 10.1. The maximum absolute atomic E-state index is 11.1. The molecule has 0 aromatic heterocycles. The number of allylic oxidation sites excluding steroid dienone is 2. The standard InChI is InChI=1S/C10H12N2O3/c13-6-1-2-7(8(5-6)10(14)15)9-11-3-4-12-9/h2,5,9,11-12H,1,3-4H2,(H,14,15). The van der Waals surface area contributed by atoms with E-state index in [-0.39, 0.29) is 23.9 Å². The summed E-state index contributed by atoms with van der Waals surface area (Å²) in [5.74, 6) is -1.21. The summed E-state index contributed by atoms with van der Waals surface area (Å²) in [6.45, 7) is 1.62. The fourth-order valence-electron chi connectivity index (χ4n) is 1.81. The van der Waals surface area contributed by atoms with E-state index in [1.54, 1.807) is 6.08 Å². The fourth-order valence-corrected chi connectivity index (χ4v) is 1.81. The lowest BCUT2D eigenvalue weighted by atomic mass is 9.95. The van der Waals surface area contributed by atoms with Crippen LogP contribution in [-0.4, -0.2) is 36.1 Å². The summed E-state index contributed by atoms with van der Waals surface area (Å²) in [7, 11) is 0. The zero-order chi connectivity index (χ0) is 10.8. The van der Waals surface area contributed by atoms with Gasteiger partial charge in [-0.05, 0) is 11.6 Å². The Labute approximate surface area is 86.8 Å². The highest BCUT2D eigenvalue weighted by molar-refractivity contribution is 6.04. The van der Waals surface area contributed by atoms with Crippen molar-refractivity contribution >= 4 is 11.8 Å². The first-order chi connectivity index (χ1) is 7.18. The highest BCUT2D eigenvalue weighted by atomic mass is 16.4. The van der Waals surface area contributed by atoms with E-state index < -0.39 is 5.97 Å². The van der Waals surface area contributed by atoms with E-state index in [1.807, 2.05) is 0 Å². The van der Waals surface area contributed by atoms with Crippen LogP contribution in [0.15, 0.2) is 23.3 Å². The van der Waals surface area contributed by atoms with E-state index in [0.29, 0.717) is 5.57 Å². The molecule has 0 unspecified atom stereocenters. The molecule has 0 atom stereocenters. The molecule has 0 spiro atoms. The zero-order valence-electron chi connectivity index (χ0n) is 8.12. The van der Waals surface area contributed by atoms with Crippen LogP contribution in [0.2, 0.25) is 0 Å². The molecule has 1 aliphatic carbocycles. The van der Waals surface area contributed by atoms with Crippen molar-refractivity contribution < 1.29 is 14.7 Å². The van der Waals surface area contributed by atoms with Gasteiger partial charge in [-0.15, -0.1) is 0 Å². The summed E-state index contributed by atoms with van der Waals surface area (Å²) < 4.78 is 0. The molecule has 2 rings (SSSR count). The number of aliphatic carboxylic acids is 1. The second kappa shape index (κ2) is 3.96.